The average molecular weight is 361 g/mol. The van der Waals surface area contributed by atoms with Gasteiger partial charge in [-0.05, 0) is 74.0 Å². The van der Waals surface area contributed by atoms with Crippen LogP contribution in [0.4, 0.5) is 0 Å². The van der Waals surface area contributed by atoms with Gasteiger partial charge >= 0.3 is 0 Å². The van der Waals surface area contributed by atoms with Gasteiger partial charge in [0.1, 0.15) is 0 Å². The van der Waals surface area contributed by atoms with Crippen LogP contribution >= 0.6 is 15.9 Å². The van der Waals surface area contributed by atoms with Gasteiger partial charge in [0.25, 0.3) is 0 Å². The Kier molecular flexibility index (Phi) is 3.40. The molecular formula is C18H21BrN2O. The highest BCUT2D eigenvalue weighted by Gasteiger charge is 2.70. The smallest absolute Gasteiger partial charge is 0.243 e. The highest BCUT2D eigenvalue weighted by Crippen LogP contribution is 2.74. The molecule has 3 saturated carbocycles. The second-order valence-corrected chi connectivity index (χ2v) is 8.02. The number of nitrogens with one attached hydrogen (secondary N) is 1. The van der Waals surface area contributed by atoms with Gasteiger partial charge in [0.05, 0.1) is 5.71 Å². The van der Waals surface area contributed by atoms with Crippen LogP contribution in [-0.4, -0.2) is 11.6 Å². The minimum absolute atomic E-state index is 0.133. The molecule has 3 aliphatic carbocycles. The summed E-state index contributed by atoms with van der Waals surface area (Å²) in [5.74, 6) is 2.00. The molecule has 22 heavy (non-hydrogen) atoms. The molecule has 0 heterocycles. The van der Waals surface area contributed by atoms with Crippen LogP contribution in [0.25, 0.3) is 0 Å². The van der Waals surface area contributed by atoms with E-state index in [2.05, 4.69) is 26.5 Å². The molecule has 1 atom stereocenters. The standard InChI is InChI=1S/C18H21BrN2O/c1-11(12-3-2-4-15(19)9-12)20-21-17(22)16-10-18(16,13-5-6-13)14-7-8-14/h2-4,9,13-14,16H,5-8,10H2,1H3,(H,21,22)/b20-11+. The third-order valence-corrected chi connectivity index (χ3v) is 6.11. The molecule has 0 radical (unpaired) electrons. The molecule has 0 bridgehead atoms. The van der Waals surface area contributed by atoms with Crippen LogP contribution in [0, 0.1) is 23.2 Å². The minimum Gasteiger partial charge on any atom is -0.273 e. The number of hydrazone groups is 1. The van der Waals surface area contributed by atoms with Crippen molar-refractivity contribution in [1.29, 1.82) is 0 Å². The van der Waals surface area contributed by atoms with E-state index in [4.69, 9.17) is 0 Å². The zero-order valence-corrected chi connectivity index (χ0v) is 14.4. The topological polar surface area (TPSA) is 41.5 Å². The fourth-order valence-electron chi connectivity index (χ4n) is 4.10. The lowest BCUT2D eigenvalue weighted by atomic mass is 9.91. The first-order valence-corrected chi connectivity index (χ1v) is 9.00. The number of amides is 1. The quantitative estimate of drug-likeness (QED) is 0.622. The van der Waals surface area contributed by atoms with Crippen LogP contribution in [0.2, 0.25) is 0 Å². The van der Waals surface area contributed by atoms with Gasteiger partial charge in [-0.3, -0.25) is 4.79 Å². The van der Waals surface area contributed by atoms with Crippen LogP contribution in [0.15, 0.2) is 33.8 Å². The summed E-state index contributed by atoms with van der Waals surface area (Å²) in [6.07, 6.45) is 6.43. The van der Waals surface area contributed by atoms with Crippen LogP contribution in [0.3, 0.4) is 0 Å². The normalized spacial score (nSPS) is 26.6. The Morgan fingerprint density at radius 1 is 1.27 bits per heavy atom. The number of halogens is 1. The molecule has 0 aromatic heterocycles. The zero-order chi connectivity index (χ0) is 15.3. The summed E-state index contributed by atoms with van der Waals surface area (Å²) < 4.78 is 1.02. The molecule has 116 valence electrons. The van der Waals surface area contributed by atoms with Crippen LogP contribution in [0.1, 0.15) is 44.6 Å². The molecule has 4 rings (SSSR count). The van der Waals surface area contributed by atoms with E-state index in [0.29, 0.717) is 5.41 Å². The lowest BCUT2D eigenvalue weighted by Crippen LogP contribution is -2.25. The van der Waals surface area contributed by atoms with Gasteiger partial charge in [-0.25, -0.2) is 5.43 Å². The van der Waals surface area contributed by atoms with E-state index < -0.39 is 0 Å². The van der Waals surface area contributed by atoms with Crippen molar-refractivity contribution in [3.8, 4) is 0 Å². The van der Waals surface area contributed by atoms with Gasteiger partial charge in [0, 0.05) is 10.4 Å². The number of rotatable bonds is 5. The van der Waals surface area contributed by atoms with Crippen LogP contribution in [-0.2, 0) is 4.79 Å². The first-order valence-electron chi connectivity index (χ1n) is 8.21. The summed E-state index contributed by atoms with van der Waals surface area (Å²) in [7, 11) is 0. The van der Waals surface area contributed by atoms with Crippen molar-refractivity contribution in [3.05, 3.63) is 34.3 Å². The second kappa shape index (κ2) is 5.19. The molecule has 4 heteroatoms. The van der Waals surface area contributed by atoms with E-state index in [0.717, 1.165) is 34.0 Å². The largest absolute Gasteiger partial charge is 0.273 e. The molecule has 1 aromatic carbocycles. The van der Waals surface area contributed by atoms with Gasteiger partial charge in [-0.15, -0.1) is 0 Å². The summed E-state index contributed by atoms with van der Waals surface area (Å²) in [5.41, 5.74) is 5.06. The summed E-state index contributed by atoms with van der Waals surface area (Å²) in [4.78, 5) is 12.5. The molecule has 3 nitrogen and oxygen atoms in total. The van der Waals surface area contributed by atoms with Crippen molar-refractivity contribution in [2.45, 2.75) is 39.0 Å². The Morgan fingerprint density at radius 3 is 2.55 bits per heavy atom. The number of hydrogen-bond acceptors (Lipinski definition) is 2. The van der Waals surface area contributed by atoms with E-state index in [-0.39, 0.29) is 11.8 Å². The van der Waals surface area contributed by atoms with Crippen molar-refractivity contribution < 1.29 is 4.79 Å². The first-order chi connectivity index (χ1) is 10.6. The highest BCUT2D eigenvalue weighted by atomic mass is 79.9. The van der Waals surface area contributed by atoms with Gasteiger partial charge in [0.2, 0.25) is 5.91 Å². The number of nitrogens with zero attached hydrogens (tertiary/aromatic N) is 1. The van der Waals surface area contributed by atoms with Gasteiger partial charge in [-0.1, -0.05) is 28.1 Å². The number of carbonyl (C=O) groups excluding carboxylic acids is 1. The maximum absolute atomic E-state index is 12.5. The lowest BCUT2D eigenvalue weighted by Gasteiger charge is -2.14. The summed E-state index contributed by atoms with van der Waals surface area (Å²) in [6.45, 7) is 1.93. The minimum atomic E-state index is 0.133. The molecular weight excluding hydrogens is 340 g/mol. The van der Waals surface area contributed by atoms with Gasteiger partial charge in [-0.2, -0.15) is 5.10 Å². The molecule has 1 amide bonds. The Balaban J connectivity index is 1.41. The maximum atomic E-state index is 12.5. The van der Waals surface area contributed by atoms with Crippen molar-refractivity contribution in [2.24, 2.45) is 28.3 Å². The molecule has 0 aliphatic heterocycles. The summed E-state index contributed by atoms with van der Waals surface area (Å²) >= 11 is 3.46. The van der Waals surface area contributed by atoms with E-state index in [1.807, 2.05) is 31.2 Å². The van der Waals surface area contributed by atoms with Crippen LogP contribution in [0.5, 0.6) is 0 Å². The van der Waals surface area contributed by atoms with E-state index in [9.17, 15) is 4.79 Å². The van der Waals surface area contributed by atoms with E-state index >= 15 is 0 Å². The third-order valence-electron chi connectivity index (χ3n) is 5.61. The first kappa shape index (κ1) is 14.4. The Hall–Kier alpha value is -1.16. The number of hydrogen-bond donors (Lipinski definition) is 1. The van der Waals surface area contributed by atoms with Gasteiger partial charge in [0.15, 0.2) is 0 Å². The lowest BCUT2D eigenvalue weighted by molar-refractivity contribution is -0.123. The fourth-order valence-corrected chi connectivity index (χ4v) is 4.50. The van der Waals surface area contributed by atoms with Gasteiger partial charge < -0.3 is 0 Å². The van der Waals surface area contributed by atoms with E-state index in [1.54, 1.807) is 0 Å². The monoisotopic (exact) mass is 360 g/mol. The van der Waals surface area contributed by atoms with Crippen molar-refractivity contribution >= 4 is 27.5 Å². The van der Waals surface area contributed by atoms with Crippen molar-refractivity contribution in [3.63, 3.8) is 0 Å². The molecule has 1 N–H and O–H groups in total. The zero-order valence-electron chi connectivity index (χ0n) is 12.8. The third kappa shape index (κ3) is 2.51. The molecule has 0 spiro atoms. The highest BCUT2D eigenvalue weighted by molar-refractivity contribution is 9.10. The molecule has 0 saturated heterocycles. The second-order valence-electron chi connectivity index (χ2n) is 7.10. The average Bonchev–Trinajstić information content (AvgIpc) is 3.38. The molecule has 1 aromatic rings. The molecule has 3 fully saturated rings. The predicted molar refractivity (Wildman–Crippen MR) is 90.5 cm³/mol. The van der Waals surface area contributed by atoms with Crippen molar-refractivity contribution in [1.82, 2.24) is 5.43 Å². The fraction of sp³-hybridized carbons (Fsp3) is 0.556. The Bertz CT molecular complexity index is 634. The number of benzene rings is 1. The van der Waals surface area contributed by atoms with E-state index in [1.165, 1.54) is 25.7 Å². The maximum Gasteiger partial charge on any atom is 0.243 e. The molecule has 1 unspecified atom stereocenters. The molecule has 3 aliphatic rings. The summed E-state index contributed by atoms with van der Waals surface area (Å²) in [5, 5.41) is 4.32. The van der Waals surface area contributed by atoms with Crippen LogP contribution < -0.4 is 5.43 Å². The SMILES string of the molecule is C/C(=N\NC(=O)C1CC1(C1CC1)C1CC1)c1cccc(Br)c1. The summed E-state index contributed by atoms with van der Waals surface area (Å²) in [6, 6.07) is 7.98. The Labute approximate surface area is 139 Å². The number of carbonyl (C=O) groups is 1. The van der Waals surface area contributed by atoms with Crippen molar-refractivity contribution in [2.75, 3.05) is 0 Å². The Morgan fingerprint density at radius 2 is 1.95 bits per heavy atom. The predicted octanol–water partition coefficient (Wildman–Crippen LogP) is 4.12.